The minimum absolute atomic E-state index is 0.0785. The van der Waals surface area contributed by atoms with Crippen LogP contribution in [0.15, 0.2) is 52.9 Å². The Balaban J connectivity index is 1.43. The van der Waals surface area contributed by atoms with Gasteiger partial charge >= 0.3 is 0 Å². The van der Waals surface area contributed by atoms with Crippen molar-refractivity contribution in [1.82, 2.24) is 14.8 Å². The van der Waals surface area contributed by atoms with Crippen LogP contribution >= 0.6 is 23.1 Å². The number of nitrogens with zero attached hydrogens (tertiary/aromatic N) is 3. The molecular weight excluding hydrogens is 464 g/mol. The number of thioether (sulfide) groups is 1. The molecule has 0 saturated heterocycles. The predicted molar refractivity (Wildman–Crippen MR) is 141 cm³/mol. The second-order valence-corrected chi connectivity index (χ2v) is 10.2. The lowest BCUT2D eigenvalue weighted by Gasteiger charge is -2.11. The molecule has 0 aliphatic rings. The van der Waals surface area contributed by atoms with Gasteiger partial charge in [-0.05, 0) is 76.1 Å². The third-order valence-electron chi connectivity index (χ3n) is 5.58. The van der Waals surface area contributed by atoms with Gasteiger partial charge in [-0.2, -0.15) is 0 Å². The number of carbonyl (C=O) groups is 1. The maximum absolute atomic E-state index is 13.0. The third kappa shape index (κ3) is 5.18. The van der Waals surface area contributed by atoms with Crippen LogP contribution in [0, 0.1) is 27.7 Å². The number of aromatic nitrogens is 3. The summed E-state index contributed by atoms with van der Waals surface area (Å²) in [6, 6.07) is 16.1. The molecule has 4 aromatic rings. The number of nitrogens with one attached hydrogen (secondary N) is 1. The monoisotopic (exact) mass is 492 g/mol. The fraction of sp³-hybridized carbons (Fsp3) is 0.269. The zero-order valence-electron chi connectivity index (χ0n) is 20.0. The van der Waals surface area contributed by atoms with Gasteiger partial charge in [0.1, 0.15) is 5.75 Å². The van der Waals surface area contributed by atoms with Crippen LogP contribution in [0.1, 0.15) is 39.8 Å². The lowest BCUT2D eigenvalue weighted by atomic mass is 10.1. The molecule has 2 aromatic carbocycles. The van der Waals surface area contributed by atoms with E-state index in [2.05, 4.69) is 46.1 Å². The van der Waals surface area contributed by atoms with Crippen LogP contribution in [0.25, 0.3) is 5.69 Å². The van der Waals surface area contributed by atoms with Gasteiger partial charge in [-0.15, -0.1) is 10.2 Å². The molecule has 0 aliphatic heterocycles. The van der Waals surface area contributed by atoms with Crippen molar-refractivity contribution in [2.24, 2.45) is 0 Å². The molecular formula is C26H28N4O2S2. The molecule has 6 nitrogen and oxygen atoms in total. The first-order valence-corrected chi connectivity index (χ1v) is 12.9. The minimum atomic E-state index is 0.0785. The van der Waals surface area contributed by atoms with Crippen molar-refractivity contribution in [3.63, 3.8) is 0 Å². The third-order valence-corrected chi connectivity index (χ3v) is 7.56. The average molecular weight is 493 g/mol. The topological polar surface area (TPSA) is 69.0 Å². The van der Waals surface area contributed by atoms with E-state index in [-0.39, 0.29) is 5.78 Å². The van der Waals surface area contributed by atoms with Crippen molar-refractivity contribution in [1.29, 1.82) is 0 Å². The van der Waals surface area contributed by atoms with Crippen molar-refractivity contribution < 1.29 is 9.53 Å². The highest BCUT2D eigenvalue weighted by atomic mass is 32.2. The molecule has 0 bridgehead atoms. The lowest BCUT2D eigenvalue weighted by Crippen LogP contribution is -2.05. The van der Waals surface area contributed by atoms with E-state index in [0.717, 1.165) is 54.7 Å². The Bertz CT molecular complexity index is 1290. The van der Waals surface area contributed by atoms with Crippen molar-refractivity contribution in [3.05, 3.63) is 76.6 Å². The summed E-state index contributed by atoms with van der Waals surface area (Å²) in [4.78, 5) is 13.0. The molecule has 176 valence electrons. The van der Waals surface area contributed by atoms with Gasteiger partial charge in [0.25, 0.3) is 0 Å². The van der Waals surface area contributed by atoms with Gasteiger partial charge < -0.3 is 14.6 Å². The highest BCUT2D eigenvalue weighted by molar-refractivity contribution is 8.01. The van der Waals surface area contributed by atoms with E-state index in [9.17, 15) is 4.79 Å². The molecule has 4 rings (SSSR count). The summed E-state index contributed by atoms with van der Waals surface area (Å²) >= 11 is 2.88. The fourth-order valence-electron chi connectivity index (χ4n) is 3.94. The summed E-state index contributed by atoms with van der Waals surface area (Å²) in [6.45, 7) is 10.7. The maximum atomic E-state index is 13.0. The summed E-state index contributed by atoms with van der Waals surface area (Å²) in [5.74, 6) is 1.23. The van der Waals surface area contributed by atoms with E-state index in [4.69, 9.17) is 4.74 Å². The minimum Gasteiger partial charge on any atom is -0.494 e. The molecule has 8 heteroatoms. The van der Waals surface area contributed by atoms with E-state index in [0.29, 0.717) is 12.4 Å². The number of carbonyl (C=O) groups excluding carboxylic acids is 1. The molecule has 0 saturated carbocycles. The second-order valence-electron chi connectivity index (χ2n) is 8.02. The molecule has 0 radical (unpaired) electrons. The van der Waals surface area contributed by atoms with E-state index < -0.39 is 0 Å². The average Bonchev–Trinajstić information content (AvgIpc) is 3.39. The summed E-state index contributed by atoms with van der Waals surface area (Å²) in [5, 5.41) is 12.6. The Labute approximate surface area is 208 Å². The Hall–Kier alpha value is -3.10. The number of Topliss-reactive ketones (excluding diaryl/α,β-unsaturated/α-hetero) is 1. The van der Waals surface area contributed by atoms with Crippen molar-refractivity contribution in [3.8, 4) is 11.4 Å². The Kier molecular flexibility index (Phi) is 7.38. The fourth-order valence-corrected chi connectivity index (χ4v) is 5.58. The first-order valence-electron chi connectivity index (χ1n) is 11.1. The van der Waals surface area contributed by atoms with Crippen LogP contribution in [-0.2, 0) is 0 Å². The number of anilines is 2. The van der Waals surface area contributed by atoms with Gasteiger partial charge in [0.05, 0.1) is 12.4 Å². The maximum Gasteiger partial charge on any atom is 0.210 e. The van der Waals surface area contributed by atoms with Crippen LogP contribution in [-0.4, -0.2) is 32.9 Å². The van der Waals surface area contributed by atoms with Crippen LogP contribution in [0.4, 0.5) is 10.8 Å². The van der Waals surface area contributed by atoms with Gasteiger partial charge in [-0.25, -0.2) is 0 Å². The summed E-state index contributed by atoms with van der Waals surface area (Å²) in [7, 11) is 0. The predicted octanol–water partition coefficient (Wildman–Crippen LogP) is 6.68. The van der Waals surface area contributed by atoms with E-state index in [1.54, 1.807) is 0 Å². The van der Waals surface area contributed by atoms with Gasteiger partial charge in [0.2, 0.25) is 5.13 Å². The molecule has 0 unspecified atom stereocenters. The van der Waals surface area contributed by atoms with Gasteiger partial charge in [0, 0.05) is 28.3 Å². The molecule has 0 amide bonds. The number of ether oxygens (including phenoxy) is 1. The van der Waals surface area contributed by atoms with Crippen molar-refractivity contribution in [2.45, 2.75) is 39.0 Å². The molecule has 0 atom stereocenters. The van der Waals surface area contributed by atoms with E-state index >= 15 is 0 Å². The SMILES string of the molecule is CCOc1ccc(-n2c(C)cc(C(=O)CSc3nnc(Nc4c(C)cccc4C)s3)c2C)cc1. The molecule has 0 spiro atoms. The lowest BCUT2D eigenvalue weighted by molar-refractivity contribution is 0.102. The summed E-state index contributed by atoms with van der Waals surface area (Å²) < 4.78 is 8.41. The molecule has 0 fully saturated rings. The number of benzene rings is 2. The largest absolute Gasteiger partial charge is 0.494 e. The molecule has 0 aliphatic carbocycles. The van der Waals surface area contributed by atoms with Crippen LogP contribution < -0.4 is 10.1 Å². The second kappa shape index (κ2) is 10.4. The molecule has 2 heterocycles. The number of hydrogen-bond donors (Lipinski definition) is 1. The van der Waals surface area contributed by atoms with Gasteiger partial charge in [-0.3, -0.25) is 4.79 Å². The van der Waals surface area contributed by atoms with Crippen molar-refractivity contribution >= 4 is 39.7 Å². The van der Waals surface area contributed by atoms with Crippen molar-refractivity contribution in [2.75, 3.05) is 17.7 Å². The summed E-state index contributed by atoms with van der Waals surface area (Å²) in [6.07, 6.45) is 0. The Morgan fingerprint density at radius 2 is 1.76 bits per heavy atom. The Morgan fingerprint density at radius 1 is 1.06 bits per heavy atom. The van der Waals surface area contributed by atoms with E-state index in [1.165, 1.54) is 23.1 Å². The number of para-hydroxylation sites is 1. The molecule has 34 heavy (non-hydrogen) atoms. The molecule has 1 N–H and O–H groups in total. The van der Waals surface area contributed by atoms with Gasteiger partial charge in [0.15, 0.2) is 10.1 Å². The van der Waals surface area contributed by atoms with Gasteiger partial charge in [-0.1, -0.05) is 41.3 Å². The zero-order chi connectivity index (χ0) is 24.2. The highest BCUT2D eigenvalue weighted by Gasteiger charge is 2.18. The summed E-state index contributed by atoms with van der Waals surface area (Å²) in [5.41, 5.74) is 7.06. The number of ketones is 1. The van der Waals surface area contributed by atoms with Crippen LogP contribution in [0.3, 0.4) is 0 Å². The quantitative estimate of drug-likeness (QED) is 0.208. The first kappa shape index (κ1) is 24.0. The number of hydrogen-bond acceptors (Lipinski definition) is 7. The number of rotatable bonds is 9. The number of aryl methyl sites for hydroxylation is 3. The standard InChI is InChI=1S/C26H28N4O2S2/c1-6-32-21-12-10-20(11-13-21)30-18(4)14-22(19(30)5)23(31)15-33-26-29-28-25(34-26)27-24-16(2)8-7-9-17(24)3/h7-14H,6,15H2,1-5H3,(H,27,28). The molecule has 2 aromatic heterocycles. The Morgan fingerprint density at radius 3 is 2.44 bits per heavy atom. The normalized spacial score (nSPS) is 11.0. The highest BCUT2D eigenvalue weighted by Crippen LogP contribution is 2.31. The first-order chi connectivity index (χ1) is 16.4. The van der Waals surface area contributed by atoms with Crippen LogP contribution in [0.2, 0.25) is 0 Å². The van der Waals surface area contributed by atoms with E-state index in [1.807, 2.05) is 57.2 Å². The smallest absolute Gasteiger partial charge is 0.210 e. The zero-order valence-corrected chi connectivity index (χ0v) is 21.6. The van der Waals surface area contributed by atoms with Crippen LogP contribution in [0.5, 0.6) is 5.75 Å².